The van der Waals surface area contributed by atoms with Crippen LogP contribution in [0, 0.1) is 5.82 Å². The average molecular weight is 483 g/mol. The number of nitrogens with zero attached hydrogens (tertiary/aromatic N) is 1. The fourth-order valence-corrected chi connectivity index (χ4v) is 2.97. The summed E-state index contributed by atoms with van der Waals surface area (Å²) in [4.78, 5) is 35.0. The largest absolute Gasteiger partial charge is 0.489 e. The third-order valence-electron chi connectivity index (χ3n) is 4.35. The van der Waals surface area contributed by atoms with E-state index in [4.69, 9.17) is 16.3 Å². The lowest BCUT2D eigenvalue weighted by Gasteiger charge is -2.09. The monoisotopic (exact) mass is 482 g/mol. The fourth-order valence-electron chi connectivity index (χ4n) is 2.75. The highest BCUT2D eigenvalue weighted by molar-refractivity contribution is 6.39. The molecule has 0 bridgehead atoms. The highest BCUT2D eigenvalue weighted by atomic mass is 35.5. The number of hydrazone groups is 1. The molecule has 10 heteroatoms. The Bertz CT molecular complexity index is 1210. The summed E-state index contributed by atoms with van der Waals surface area (Å²) in [5, 5.41) is 9.05. The Morgan fingerprint density at radius 2 is 1.65 bits per heavy atom. The van der Waals surface area contributed by atoms with Crippen LogP contribution in [0.25, 0.3) is 0 Å². The van der Waals surface area contributed by atoms with Crippen molar-refractivity contribution in [3.63, 3.8) is 0 Å². The van der Waals surface area contributed by atoms with Crippen molar-refractivity contribution in [1.29, 1.82) is 0 Å². The van der Waals surface area contributed by atoms with Gasteiger partial charge in [-0.2, -0.15) is 5.10 Å². The molecule has 3 N–H and O–H groups in total. The van der Waals surface area contributed by atoms with E-state index in [9.17, 15) is 18.8 Å². The lowest BCUT2D eigenvalue weighted by molar-refractivity contribution is -0.136. The van der Waals surface area contributed by atoms with E-state index in [1.165, 1.54) is 25.3 Å². The summed E-state index contributed by atoms with van der Waals surface area (Å²) < 4.78 is 19.5. The van der Waals surface area contributed by atoms with Gasteiger partial charge in [-0.05, 0) is 54.1 Å². The molecule has 3 rings (SSSR count). The molecule has 0 heterocycles. The number of rotatable bonds is 7. The molecule has 0 aromatic heterocycles. The summed E-state index contributed by atoms with van der Waals surface area (Å²) in [7, 11) is 0. The molecular weight excluding hydrogens is 463 g/mol. The lowest BCUT2D eigenvalue weighted by Crippen LogP contribution is -2.32. The van der Waals surface area contributed by atoms with Gasteiger partial charge >= 0.3 is 11.8 Å². The van der Waals surface area contributed by atoms with Crippen LogP contribution in [0.3, 0.4) is 0 Å². The molecule has 3 aromatic carbocycles. The maximum atomic E-state index is 13.9. The standard InChI is InChI=1S/C24H20ClFN4O4/c1-15(31)28-17-8-10-18(11-9-17)29-23(32)24(33)30-27-13-16-4-2-5-19(12-16)34-14-20-21(25)6-3-7-22(20)26/h2-13H,14H2,1H3,(H,28,31)(H,29,32)(H,30,33). The number of hydrogen-bond acceptors (Lipinski definition) is 5. The van der Waals surface area contributed by atoms with E-state index in [0.29, 0.717) is 22.7 Å². The van der Waals surface area contributed by atoms with E-state index < -0.39 is 17.6 Å². The minimum atomic E-state index is -0.969. The van der Waals surface area contributed by atoms with Crippen molar-refractivity contribution in [2.24, 2.45) is 5.10 Å². The normalized spacial score (nSPS) is 10.6. The van der Waals surface area contributed by atoms with Crippen molar-refractivity contribution in [2.75, 3.05) is 10.6 Å². The molecule has 0 fully saturated rings. The Morgan fingerprint density at radius 3 is 2.32 bits per heavy atom. The zero-order valence-corrected chi connectivity index (χ0v) is 18.7. The van der Waals surface area contributed by atoms with E-state index >= 15 is 0 Å². The molecule has 0 saturated carbocycles. The van der Waals surface area contributed by atoms with Crippen LogP contribution in [0.15, 0.2) is 71.8 Å². The van der Waals surface area contributed by atoms with Crippen molar-refractivity contribution in [3.05, 3.63) is 88.7 Å². The zero-order chi connectivity index (χ0) is 24.5. The SMILES string of the molecule is CC(=O)Nc1ccc(NC(=O)C(=O)NN=Cc2cccc(OCc3c(F)cccc3Cl)c2)cc1. The predicted octanol–water partition coefficient (Wildman–Crippen LogP) is 4.11. The third kappa shape index (κ3) is 7.14. The molecule has 34 heavy (non-hydrogen) atoms. The number of hydrogen-bond donors (Lipinski definition) is 3. The molecule has 3 amide bonds. The summed E-state index contributed by atoms with van der Waals surface area (Å²) >= 11 is 6.00. The second-order valence-electron chi connectivity index (χ2n) is 6.97. The van der Waals surface area contributed by atoms with Gasteiger partial charge in [0.2, 0.25) is 5.91 Å². The van der Waals surface area contributed by atoms with Gasteiger partial charge in [0.05, 0.1) is 11.2 Å². The number of anilines is 2. The summed E-state index contributed by atoms with van der Waals surface area (Å²) in [6.07, 6.45) is 1.33. The Kier molecular flexibility index (Phi) is 8.31. The first-order valence-corrected chi connectivity index (χ1v) is 10.4. The molecule has 174 valence electrons. The summed E-state index contributed by atoms with van der Waals surface area (Å²) in [5.41, 5.74) is 3.88. The quantitative estimate of drug-likeness (QED) is 0.267. The smallest absolute Gasteiger partial charge is 0.329 e. The van der Waals surface area contributed by atoms with Crippen LogP contribution < -0.4 is 20.8 Å². The van der Waals surface area contributed by atoms with Crippen LogP contribution in [0.4, 0.5) is 15.8 Å². The molecule has 0 aliphatic heterocycles. The molecule has 0 aliphatic carbocycles. The Balaban J connectivity index is 1.52. The first kappa shape index (κ1) is 24.4. The van der Waals surface area contributed by atoms with Crippen molar-refractivity contribution in [3.8, 4) is 5.75 Å². The van der Waals surface area contributed by atoms with E-state index in [-0.39, 0.29) is 23.1 Å². The Labute approximate surface area is 199 Å². The van der Waals surface area contributed by atoms with Gasteiger partial charge in [-0.25, -0.2) is 9.82 Å². The molecule has 0 unspecified atom stereocenters. The Morgan fingerprint density at radius 1 is 0.971 bits per heavy atom. The van der Waals surface area contributed by atoms with E-state index in [2.05, 4.69) is 21.2 Å². The number of amides is 3. The van der Waals surface area contributed by atoms with Gasteiger partial charge in [0.1, 0.15) is 18.2 Å². The van der Waals surface area contributed by atoms with E-state index in [0.717, 1.165) is 0 Å². The number of nitrogens with one attached hydrogen (secondary N) is 3. The Hall–Kier alpha value is -4.24. The fraction of sp³-hybridized carbons (Fsp3) is 0.0833. The molecule has 0 atom stereocenters. The molecule has 8 nitrogen and oxygen atoms in total. The summed E-state index contributed by atoms with van der Waals surface area (Å²) in [6.45, 7) is 1.32. The third-order valence-corrected chi connectivity index (χ3v) is 4.71. The van der Waals surface area contributed by atoms with Crippen molar-refractivity contribution >= 4 is 46.9 Å². The van der Waals surface area contributed by atoms with Gasteiger partial charge in [0.25, 0.3) is 0 Å². The molecule has 0 aliphatic rings. The molecule has 0 radical (unpaired) electrons. The van der Waals surface area contributed by atoms with Gasteiger partial charge in [-0.1, -0.05) is 29.8 Å². The highest BCUT2D eigenvalue weighted by Crippen LogP contribution is 2.22. The van der Waals surface area contributed by atoms with Gasteiger partial charge < -0.3 is 15.4 Å². The van der Waals surface area contributed by atoms with Crippen LogP contribution in [0.5, 0.6) is 5.75 Å². The zero-order valence-electron chi connectivity index (χ0n) is 18.0. The van der Waals surface area contributed by atoms with Crippen molar-refractivity contribution in [2.45, 2.75) is 13.5 Å². The minimum Gasteiger partial charge on any atom is -0.489 e. The van der Waals surface area contributed by atoms with Crippen LogP contribution in [-0.4, -0.2) is 23.9 Å². The minimum absolute atomic E-state index is 0.0607. The highest BCUT2D eigenvalue weighted by Gasteiger charge is 2.13. The molecule has 0 spiro atoms. The first-order chi connectivity index (χ1) is 16.3. The van der Waals surface area contributed by atoms with Crippen LogP contribution in [0.2, 0.25) is 5.02 Å². The lowest BCUT2D eigenvalue weighted by atomic mass is 10.2. The van der Waals surface area contributed by atoms with E-state index in [1.807, 2.05) is 0 Å². The second kappa shape index (κ2) is 11.6. The van der Waals surface area contributed by atoms with Crippen molar-refractivity contribution in [1.82, 2.24) is 5.43 Å². The first-order valence-electron chi connectivity index (χ1n) is 9.99. The van der Waals surface area contributed by atoms with Gasteiger partial charge in [-0.3, -0.25) is 14.4 Å². The maximum absolute atomic E-state index is 13.9. The number of ether oxygens (including phenoxy) is 1. The average Bonchev–Trinajstić information content (AvgIpc) is 2.80. The van der Waals surface area contributed by atoms with Crippen LogP contribution in [0.1, 0.15) is 18.1 Å². The second-order valence-corrected chi connectivity index (χ2v) is 7.38. The molecule has 0 saturated heterocycles. The van der Waals surface area contributed by atoms with Crippen LogP contribution in [-0.2, 0) is 21.0 Å². The summed E-state index contributed by atoms with van der Waals surface area (Å²) in [6, 6.07) is 17.3. The number of benzene rings is 3. The predicted molar refractivity (Wildman–Crippen MR) is 127 cm³/mol. The van der Waals surface area contributed by atoms with Gasteiger partial charge in [-0.15, -0.1) is 0 Å². The van der Waals surface area contributed by atoms with Crippen molar-refractivity contribution < 1.29 is 23.5 Å². The maximum Gasteiger partial charge on any atom is 0.329 e. The topological polar surface area (TPSA) is 109 Å². The molecule has 3 aromatic rings. The number of halogens is 2. The molecular formula is C24H20ClFN4O4. The van der Waals surface area contributed by atoms with Gasteiger partial charge in [0, 0.05) is 23.9 Å². The summed E-state index contributed by atoms with van der Waals surface area (Å²) in [5.74, 6) is -2.13. The van der Waals surface area contributed by atoms with E-state index in [1.54, 1.807) is 54.6 Å². The number of carbonyl (C=O) groups is 3. The van der Waals surface area contributed by atoms with Gasteiger partial charge in [0.15, 0.2) is 0 Å². The number of carbonyl (C=O) groups excluding carboxylic acids is 3. The van der Waals surface area contributed by atoms with Crippen LogP contribution >= 0.6 is 11.6 Å².